The molecule has 0 aliphatic rings. The number of aromatic amines is 1. The van der Waals surface area contributed by atoms with Crippen molar-refractivity contribution < 1.29 is 4.39 Å². The average molecular weight is 248 g/mol. The molecule has 0 saturated heterocycles. The third-order valence-corrected chi connectivity index (χ3v) is 2.63. The summed E-state index contributed by atoms with van der Waals surface area (Å²) in [7, 11) is 0. The van der Waals surface area contributed by atoms with Crippen molar-refractivity contribution in [1.82, 2.24) is 15.2 Å². The Morgan fingerprint density at radius 1 is 1.33 bits per heavy atom. The highest BCUT2D eigenvalue weighted by atomic mass is 19.1. The summed E-state index contributed by atoms with van der Waals surface area (Å²) in [6, 6.07) is 5.20. The number of rotatable bonds is 3. The van der Waals surface area contributed by atoms with Gasteiger partial charge in [0.1, 0.15) is 11.5 Å². The third-order valence-electron chi connectivity index (χ3n) is 2.63. The van der Waals surface area contributed by atoms with Crippen LogP contribution < -0.4 is 11.3 Å². The fourth-order valence-electron chi connectivity index (χ4n) is 1.52. The summed E-state index contributed by atoms with van der Waals surface area (Å²) in [5.74, 6) is -0.0502. The van der Waals surface area contributed by atoms with Gasteiger partial charge in [0.05, 0.1) is 6.04 Å². The summed E-state index contributed by atoms with van der Waals surface area (Å²) in [6.07, 6.45) is 0.605. The number of halogens is 1. The number of aromatic nitrogens is 3. The van der Waals surface area contributed by atoms with E-state index >= 15 is 0 Å². The van der Waals surface area contributed by atoms with Gasteiger partial charge in [0, 0.05) is 5.56 Å². The van der Waals surface area contributed by atoms with Gasteiger partial charge in [-0.05, 0) is 30.7 Å². The molecular formula is C12H13FN4O. The third kappa shape index (κ3) is 2.43. The second-order valence-electron chi connectivity index (χ2n) is 3.91. The predicted molar refractivity (Wildman–Crippen MR) is 65.3 cm³/mol. The van der Waals surface area contributed by atoms with E-state index in [0.29, 0.717) is 17.8 Å². The van der Waals surface area contributed by atoms with E-state index in [1.807, 2.05) is 6.92 Å². The molecule has 0 amide bonds. The Balaban J connectivity index is 2.40. The number of benzene rings is 1. The maximum atomic E-state index is 12.8. The van der Waals surface area contributed by atoms with Gasteiger partial charge in [-0.2, -0.15) is 0 Å². The molecule has 1 atom stereocenters. The Labute approximate surface area is 103 Å². The predicted octanol–water partition coefficient (Wildman–Crippen LogP) is 1.38. The van der Waals surface area contributed by atoms with Crippen molar-refractivity contribution in [2.24, 2.45) is 5.73 Å². The van der Waals surface area contributed by atoms with E-state index in [9.17, 15) is 9.18 Å². The average Bonchev–Trinajstić information content (AvgIpc) is 2.38. The number of hydrogen-bond acceptors (Lipinski definition) is 4. The first-order valence-corrected chi connectivity index (χ1v) is 5.60. The highest BCUT2D eigenvalue weighted by molar-refractivity contribution is 5.53. The zero-order valence-electron chi connectivity index (χ0n) is 9.85. The molecule has 1 aromatic carbocycles. The Kier molecular flexibility index (Phi) is 3.47. The van der Waals surface area contributed by atoms with E-state index in [1.54, 1.807) is 0 Å². The van der Waals surface area contributed by atoms with E-state index < -0.39 is 6.04 Å². The van der Waals surface area contributed by atoms with Crippen LogP contribution in [0.2, 0.25) is 0 Å². The zero-order chi connectivity index (χ0) is 13.1. The first-order valence-electron chi connectivity index (χ1n) is 5.60. The highest BCUT2D eigenvalue weighted by Gasteiger charge is 2.12. The first-order chi connectivity index (χ1) is 8.61. The molecule has 18 heavy (non-hydrogen) atoms. The normalized spacial score (nSPS) is 12.4. The second-order valence-corrected chi connectivity index (χ2v) is 3.91. The van der Waals surface area contributed by atoms with Crippen LogP contribution in [-0.4, -0.2) is 15.2 Å². The van der Waals surface area contributed by atoms with Gasteiger partial charge < -0.3 is 10.7 Å². The molecule has 1 heterocycles. The van der Waals surface area contributed by atoms with Crippen molar-refractivity contribution in [2.75, 3.05) is 0 Å². The summed E-state index contributed by atoms with van der Waals surface area (Å²) in [6.45, 7) is 1.86. The summed E-state index contributed by atoms with van der Waals surface area (Å²) in [5, 5.41) is 7.74. The van der Waals surface area contributed by atoms with Crippen molar-refractivity contribution in [3.8, 4) is 11.4 Å². The van der Waals surface area contributed by atoms with Gasteiger partial charge >= 0.3 is 0 Å². The lowest BCUT2D eigenvalue weighted by Gasteiger charge is -2.06. The van der Waals surface area contributed by atoms with Gasteiger partial charge in [-0.1, -0.05) is 6.92 Å². The van der Waals surface area contributed by atoms with Crippen molar-refractivity contribution in [3.63, 3.8) is 0 Å². The molecular weight excluding hydrogens is 235 g/mol. The molecule has 1 aromatic heterocycles. The fraction of sp³-hybridized carbons (Fsp3) is 0.250. The number of H-pyrrole nitrogens is 1. The molecule has 0 saturated carbocycles. The summed E-state index contributed by atoms with van der Waals surface area (Å²) < 4.78 is 12.8. The molecule has 5 nitrogen and oxygen atoms in total. The molecule has 0 aliphatic heterocycles. The minimum atomic E-state index is -0.427. The van der Waals surface area contributed by atoms with E-state index in [2.05, 4.69) is 15.2 Å². The van der Waals surface area contributed by atoms with Gasteiger partial charge in [-0.25, -0.2) is 4.39 Å². The van der Waals surface area contributed by atoms with Gasteiger partial charge in [0.15, 0.2) is 5.82 Å². The number of hydrogen-bond donors (Lipinski definition) is 2. The topological polar surface area (TPSA) is 84.7 Å². The van der Waals surface area contributed by atoms with E-state index in [-0.39, 0.29) is 17.1 Å². The number of nitrogens with zero attached hydrogens (tertiary/aromatic N) is 2. The lowest BCUT2D eigenvalue weighted by Crippen LogP contribution is -2.24. The molecule has 3 N–H and O–H groups in total. The van der Waals surface area contributed by atoms with E-state index in [0.717, 1.165) is 0 Å². The Morgan fingerprint density at radius 3 is 2.56 bits per heavy atom. The Morgan fingerprint density at radius 2 is 2.00 bits per heavy atom. The van der Waals surface area contributed by atoms with Crippen LogP contribution >= 0.6 is 0 Å². The van der Waals surface area contributed by atoms with Crippen molar-refractivity contribution in [2.45, 2.75) is 19.4 Å². The molecule has 0 fully saturated rings. The van der Waals surface area contributed by atoms with Gasteiger partial charge in [0.25, 0.3) is 5.56 Å². The molecule has 0 radical (unpaired) electrons. The Bertz CT molecular complexity index is 594. The minimum Gasteiger partial charge on any atom is -0.322 e. The van der Waals surface area contributed by atoms with Crippen LogP contribution in [0.15, 0.2) is 29.1 Å². The van der Waals surface area contributed by atoms with E-state index in [4.69, 9.17) is 5.73 Å². The van der Waals surface area contributed by atoms with Crippen LogP contribution in [0, 0.1) is 5.82 Å². The first kappa shape index (κ1) is 12.4. The molecule has 0 aliphatic carbocycles. The van der Waals surface area contributed by atoms with Crippen molar-refractivity contribution >= 4 is 0 Å². The maximum absolute atomic E-state index is 12.8. The fourth-order valence-corrected chi connectivity index (χ4v) is 1.52. The lowest BCUT2D eigenvalue weighted by molar-refractivity contribution is 0.627. The highest BCUT2D eigenvalue weighted by Crippen LogP contribution is 2.13. The van der Waals surface area contributed by atoms with Crippen LogP contribution in [0.25, 0.3) is 11.4 Å². The maximum Gasteiger partial charge on any atom is 0.274 e. The summed E-state index contributed by atoms with van der Waals surface area (Å²) in [4.78, 5) is 14.4. The van der Waals surface area contributed by atoms with Crippen LogP contribution in [0.3, 0.4) is 0 Å². The van der Waals surface area contributed by atoms with Crippen molar-refractivity contribution in [1.29, 1.82) is 0 Å². The van der Waals surface area contributed by atoms with E-state index in [1.165, 1.54) is 24.3 Å². The number of nitrogens with one attached hydrogen (secondary N) is 1. The summed E-state index contributed by atoms with van der Waals surface area (Å²) >= 11 is 0. The molecule has 1 unspecified atom stereocenters. The monoisotopic (exact) mass is 248 g/mol. The largest absolute Gasteiger partial charge is 0.322 e. The standard InChI is InChI=1S/C12H13FN4O/c1-2-9(14)10-12(18)15-11(17-16-10)7-3-5-8(13)6-4-7/h3-6,9H,2,14H2,1H3,(H,15,17,18). The Hall–Kier alpha value is -2.08. The molecule has 0 bridgehead atoms. The smallest absolute Gasteiger partial charge is 0.274 e. The SMILES string of the molecule is CCC(N)c1nnc(-c2ccc(F)cc2)[nH]c1=O. The van der Waals surface area contributed by atoms with Crippen LogP contribution in [0.4, 0.5) is 4.39 Å². The second kappa shape index (κ2) is 5.05. The van der Waals surface area contributed by atoms with Crippen LogP contribution in [0.1, 0.15) is 25.1 Å². The van der Waals surface area contributed by atoms with Gasteiger partial charge in [-0.3, -0.25) is 4.79 Å². The molecule has 94 valence electrons. The van der Waals surface area contributed by atoms with Gasteiger partial charge in [-0.15, -0.1) is 10.2 Å². The zero-order valence-corrected chi connectivity index (χ0v) is 9.85. The lowest BCUT2D eigenvalue weighted by atomic mass is 10.2. The van der Waals surface area contributed by atoms with Crippen LogP contribution in [0.5, 0.6) is 0 Å². The molecule has 6 heteroatoms. The molecule has 2 rings (SSSR count). The summed E-state index contributed by atoms with van der Waals surface area (Å²) in [5.41, 5.74) is 6.18. The van der Waals surface area contributed by atoms with Crippen LogP contribution in [-0.2, 0) is 0 Å². The number of nitrogens with two attached hydrogens (primary N) is 1. The molecule has 0 spiro atoms. The quantitative estimate of drug-likeness (QED) is 0.859. The molecule has 2 aromatic rings. The van der Waals surface area contributed by atoms with Crippen molar-refractivity contribution in [3.05, 3.63) is 46.1 Å². The minimum absolute atomic E-state index is 0.211. The van der Waals surface area contributed by atoms with Gasteiger partial charge in [0.2, 0.25) is 0 Å².